The number of ether oxygens (including phenoxy) is 3. The van der Waals surface area contributed by atoms with E-state index in [0.717, 1.165) is 11.1 Å². The molecule has 1 atom stereocenters. The van der Waals surface area contributed by atoms with Crippen LogP contribution in [0.4, 0.5) is 0 Å². The topological polar surface area (TPSA) is 65.0 Å². The second-order valence-electron chi connectivity index (χ2n) is 5.15. The molecule has 0 amide bonds. The summed E-state index contributed by atoms with van der Waals surface area (Å²) in [5, 5.41) is 10.5. The molecule has 5 nitrogen and oxygen atoms in total. The van der Waals surface area contributed by atoms with Crippen LogP contribution in [0.1, 0.15) is 18.9 Å². The van der Waals surface area contributed by atoms with E-state index in [1.807, 2.05) is 30.3 Å². The molecule has 0 spiro atoms. The minimum Gasteiger partial charge on any atom is -0.471 e. The first kappa shape index (κ1) is 16.3. The molecule has 0 heterocycles. The Labute approximate surface area is 129 Å². The Bertz CT molecular complexity index is 576. The van der Waals surface area contributed by atoms with Crippen molar-refractivity contribution in [3.8, 4) is 0 Å². The van der Waals surface area contributed by atoms with Gasteiger partial charge in [-0.05, 0) is 11.6 Å². The molecule has 0 fully saturated rings. The van der Waals surface area contributed by atoms with Gasteiger partial charge in [-0.2, -0.15) is 0 Å². The number of esters is 1. The van der Waals surface area contributed by atoms with Gasteiger partial charge in [0.2, 0.25) is 0 Å². The molecule has 1 unspecified atom stereocenters. The van der Waals surface area contributed by atoms with E-state index in [2.05, 4.69) is 0 Å². The van der Waals surface area contributed by atoms with Gasteiger partial charge in [0.25, 0.3) is 0 Å². The van der Waals surface area contributed by atoms with Crippen molar-refractivity contribution in [3.05, 3.63) is 53.8 Å². The van der Waals surface area contributed by atoms with E-state index in [4.69, 9.17) is 14.2 Å². The molecule has 1 aromatic carbocycles. The van der Waals surface area contributed by atoms with E-state index >= 15 is 0 Å². The molecule has 0 radical (unpaired) electrons. The first-order valence-corrected chi connectivity index (χ1v) is 6.99. The first-order valence-electron chi connectivity index (χ1n) is 6.99. The first-order chi connectivity index (χ1) is 10.5. The zero-order chi connectivity index (χ0) is 16.0. The lowest BCUT2D eigenvalue weighted by molar-refractivity contribution is -0.147. The van der Waals surface area contributed by atoms with Gasteiger partial charge in [-0.3, -0.25) is 4.79 Å². The van der Waals surface area contributed by atoms with Gasteiger partial charge < -0.3 is 19.3 Å². The minimum absolute atomic E-state index is 0.0865. The average molecular weight is 304 g/mol. The van der Waals surface area contributed by atoms with E-state index in [1.54, 1.807) is 12.2 Å². The van der Waals surface area contributed by atoms with E-state index in [-0.39, 0.29) is 19.8 Å². The van der Waals surface area contributed by atoms with Crippen LogP contribution in [-0.4, -0.2) is 37.2 Å². The van der Waals surface area contributed by atoms with Crippen LogP contribution in [0.25, 0.3) is 5.57 Å². The van der Waals surface area contributed by atoms with Crippen molar-refractivity contribution >= 4 is 11.5 Å². The number of carbonyl (C=O) groups excluding carboxylic acids is 1. The van der Waals surface area contributed by atoms with Crippen LogP contribution in [0, 0.1) is 0 Å². The van der Waals surface area contributed by atoms with Gasteiger partial charge in [0.1, 0.15) is 18.0 Å². The Morgan fingerprint density at radius 2 is 2.05 bits per heavy atom. The van der Waals surface area contributed by atoms with Crippen LogP contribution in [0.5, 0.6) is 0 Å². The quantitative estimate of drug-likeness (QED) is 0.645. The Kier molecular flexibility index (Phi) is 5.35. The Morgan fingerprint density at radius 3 is 2.68 bits per heavy atom. The number of methoxy groups -OCH3 is 1. The summed E-state index contributed by atoms with van der Waals surface area (Å²) in [6.45, 7) is 1.29. The highest BCUT2D eigenvalue weighted by atomic mass is 16.7. The molecule has 2 rings (SSSR count). The molecule has 1 aliphatic carbocycles. The zero-order valence-corrected chi connectivity index (χ0v) is 12.7. The van der Waals surface area contributed by atoms with Gasteiger partial charge in [0.05, 0.1) is 0 Å². The van der Waals surface area contributed by atoms with Gasteiger partial charge in [-0.25, -0.2) is 0 Å². The summed E-state index contributed by atoms with van der Waals surface area (Å²) >= 11 is 0. The lowest BCUT2D eigenvalue weighted by atomic mass is 9.88. The maximum atomic E-state index is 10.9. The van der Waals surface area contributed by atoms with E-state index in [1.165, 1.54) is 14.0 Å². The summed E-state index contributed by atoms with van der Waals surface area (Å²) in [5.41, 5.74) is 0.595. The fraction of sp³-hybridized carbons (Fsp3) is 0.353. The molecule has 0 aliphatic heterocycles. The zero-order valence-electron chi connectivity index (χ0n) is 12.7. The van der Waals surface area contributed by atoms with Crippen LogP contribution in [0.3, 0.4) is 0 Å². The van der Waals surface area contributed by atoms with Gasteiger partial charge >= 0.3 is 5.97 Å². The summed E-state index contributed by atoms with van der Waals surface area (Å²) in [5.74, 6) is 0.171. The maximum absolute atomic E-state index is 10.9. The summed E-state index contributed by atoms with van der Waals surface area (Å²) in [7, 11) is 1.53. The van der Waals surface area contributed by atoms with Gasteiger partial charge in [0, 0.05) is 26.0 Å². The molecule has 1 N–H and O–H groups in total. The third kappa shape index (κ3) is 4.19. The highest BCUT2D eigenvalue weighted by molar-refractivity contribution is 5.77. The predicted octanol–water partition coefficient (Wildman–Crippen LogP) is 2.27. The maximum Gasteiger partial charge on any atom is 0.302 e. The summed E-state index contributed by atoms with van der Waals surface area (Å²) in [6, 6.07) is 9.73. The SMILES string of the molecule is COCOC1=C(c2ccccc2)C=CC(O)(COC(C)=O)C1. The number of rotatable bonds is 6. The van der Waals surface area contributed by atoms with E-state index < -0.39 is 11.6 Å². The highest BCUT2D eigenvalue weighted by Crippen LogP contribution is 2.33. The van der Waals surface area contributed by atoms with Crippen molar-refractivity contribution in [2.24, 2.45) is 0 Å². The lowest BCUT2D eigenvalue weighted by Gasteiger charge is -2.29. The average Bonchev–Trinajstić information content (AvgIpc) is 2.52. The van der Waals surface area contributed by atoms with Crippen LogP contribution in [-0.2, 0) is 19.0 Å². The highest BCUT2D eigenvalue weighted by Gasteiger charge is 2.32. The molecule has 0 saturated carbocycles. The fourth-order valence-electron chi connectivity index (χ4n) is 2.22. The number of hydrogen-bond donors (Lipinski definition) is 1. The Balaban J connectivity index is 2.24. The molecule has 0 bridgehead atoms. The van der Waals surface area contributed by atoms with Gasteiger partial charge in [-0.15, -0.1) is 0 Å². The lowest BCUT2D eigenvalue weighted by Crippen LogP contribution is -2.35. The molecule has 0 saturated heterocycles. The molecule has 1 aromatic rings. The number of aliphatic hydroxyl groups is 1. The Hall–Kier alpha value is -2.11. The molecule has 5 heteroatoms. The standard InChI is InChI=1S/C17H20O5/c1-13(18)21-11-17(19)9-8-15(14-6-4-3-5-7-14)16(10-17)22-12-20-2/h3-9,19H,10-12H2,1-2H3. The largest absolute Gasteiger partial charge is 0.471 e. The third-order valence-corrected chi connectivity index (χ3v) is 3.29. The summed E-state index contributed by atoms with van der Waals surface area (Å²) in [6.07, 6.45) is 3.63. The van der Waals surface area contributed by atoms with Gasteiger partial charge in [0.15, 0.2) is 6.79 Å². The summed E-state index contributed by atoms with van der Waals surface area (Å²) < 4.78 is 15.5. The molecule has 118 valence electrons. The van der Waals surface area contributed by atoms with Crippen molar-refractivity contribution in [1.29, 1.82) is 0 Å². The van der Waals surface area contributed by atoms with Crippen LogP contribution >= 0.6 is 0 Å². The number of allylic oxidation sites excluding steroid dienone is 2. The molecule has 0 aromatic heterocycles. The monoisotopic (exact) mass is 304 g/mol. The van der Waals surface area contributed by atoms with Gasteiger partial charge in [-0.1, -0.05) is 36.4 Å². The van der Waals surface area contributed by atoms with Crippen molar-refractivity contribution < 1.29 is 24.1 Å². The normalized spacial score (nSPS) is 20.9. The molecular formula is C17H20O5. The molecule has 1 aliphatic rings. The second kappa shape index (κ2) is 7.24. The van der Waals surface area contributed by atoms with Crippen LogP contribution < -0.4 is 0 Å². The van der Waals surface area contributed by atoms with E-state index in [0.29, 0.717) is 5.76 Å². The van der Waals surface area contributed by atoms with Crippen LogP contribution in [0.15, 0.2) is 48.2 Å². The fourth-order valence-corrected chi connectivity index (χ4v) is 2.22. The second-order valence-corrected chi connectivity index (χ2v) is 5.15. The van der Waals surface area contributed by atoms with Crippen molar-refractivity contribution in [2.75, 3.05) is 20.5 Å². The van der Waals surface area contributed by atoms with E-state index in [9.17, 15) is 9.90 Å². The smallest absolute Gasteiger partial charge is 0.302 e. The van der Waals surface area contributed by atoms with Crippen molar-refractivity contribution in [2.45, 2.75) is 18.9 Å². The van der Waals surface area contributed by atoms with Crippen LogP contribution in [0.2, 0.25) is 0 Å². The van der Waals surface area contributed by atoms with Crippen molar-refractivity contribution in [1.82, 2.24) is 0 Å². The minimum atomic E-state index is -1.27. The number of benzene rings is 1. The predicted molar refractivity (Wildman–Crippen MR) is 81.7 cm³/mol. The molecular weight excluding hydrogens is 284 g/mol. The number of carbonyl (C=O) groups is 1. The Morgan fingerprint density at radius 1 is 1.32 bits per heavy atom. The number of hydrogen-bond acceptors (Lipinski definition) is 5. The van der Waals surface area contributed by atoms with Crippen molar-refractivity contribution in [3.63, 3.8) is 0 Å². The summed E-state index contributed by atoms with van der Waals surface area (Å²) in [4.78, 5) is 10.9. The molecule has 22 heavy (non-hydrogen) atoms. The third-order valence-electron chi connectivity index (χ3n) is 3.29.